The lowest BCUT2D eigenvalue weighted by Gasteiger charge is -2.16. The molecule has 21 heavy (non-hydrogen) atoms. The molecule has 112 valence electrons. The predicted octanol–water partition coefficient (Wildman–Crippen LogP) is 1.94. The summed E-state index contributed by atoms with van der Waals surface area (Å²) in [7, 11) is -2.91. The number of sulfonamides is 1. The van der Waals surface area contributed by atoms with Crippen LogP contribution in [-0.2, 0) is 16.6 Å². The van der Waals surface area contributed by atoms with Crippen molar-refractivity contribution in [2.45, 2.75) is 11.4 Å². The van der Waals surface area contributed by atoms with E-state index in [9.17, 15) is 17.6 Å². The first kappa shape index (κ1) is 15.2. The van der Waals surface area contributed by atoms with Crippen LogP contribution in [0.15, 0.2) is 45.9 Å². The molecule has 1 N–H and O–H groups in total. The van der Waals surface area contributed by atoms with Gasteiger partial charge in [-0.3, -0.25) is 0 Å². The third kappa shape index (κ3) is 3.11. The summed E-state index contributed by atoms with van der Waals surface area (Å²) in [6, 6.07) is 5.80. The van der Waals surface area contributed by atoms with Crippen LogP contribution in [0.1, 0.15) is 16.1 Å². The first-order valence-electron chi connectivity index (χ1n) is 5.84. The lowest BCUT2D eigenvalue weighted by molar-refractivity contribution is 0.0696. The van der Waals surface area contributed by atoms with E-state index in [1.165, 1.54) is 13.3 Å². The number of hydrogen-bond donors (Lipinski definition) is 1. The van der Waals surface area contributed by atoms with Gasteiger partial charge < -0.3 is 9.52 Å². The maximum absolute atomic E-state index is 13.7. The largest absolute Gasteiger partial charge is 0.478 e. The number of halogens is 1. The third-order valence-corrected chi connectivity index (χ3v) is 4.64. The highest BCUT2D eigenvalue weighted by Gasteiger charge is 2.26. The third-order valence-electron chi connectivity index (χ3n) is 2.82. The molecule has 1 heterocycles. The molecule has 0 aliphatic carbocycles. The number of carbonyl (C=O) groups is 1. The van der Waals surface area contributed by atoms with Crippen molar-refractivity contribution in [3.8, 4) is 0 Å². The molecule has 8 heteroatoms. The molecule has 2 rings (SSSR count). The summed E-state index contributed by atoms with van der Waals surface area (Å²) in [5.41, 5.74) is -0.304. The van der Waals surface area contributed by atoms with Gasteiger partial charge in [0, 0.05) is 7.05 Å². The Labute approximate surface area is 120 Å². The summed E-state index contributed by atoms with van der Waals surface area (Å²) in [6.45, 7) is -0.0912. The average molecular weight is 313 g/mol. The molecular weight excluding hydrogens is 301 g/mol. The van der Waals surface area contributed by atoms with Gasteiger partial charge in [-0.2, -0.15) is 4.31 Å². The zero-order valence-electron chi connectivity index (χ0n) is 11.0. The van der Waals surface area contributed by atoms with Gasteiger partial charge in [0.15, 0.2) is 0 Å². The van der Waals surface area contributed by atoms with E-state index in [2.05, 4.69) is 0 Å². The normalized spacial score (nSPS) is 11.8. The van der Waals surface area contributed by atoms with Gasteiger partial charge in [-0.05, 0) is 30.3 Å². The number of carboxylic acids is 1. The molecule has 6 nitrogen and oxygen atoms in total. The predicted molar refractivity (Wildman–Crippen MR) is 70.7 cm³/mol. The van der Waals surface area contributed by atoms with E-state index in [1.54, 1.807) is 12.1 Å². The highest BCUT2D eigenvalue weighted by Crippen LogP contribution is 2.21. The maximum Gasteiger partial charge on any atom is 0.335 e. The molecule has 0 saturated carbocycles. The molecule has 0 radical (unpaired) electrons. The SMILES string of the molecule is CN(Cc1ccco1)S(=O)(=O)c1cc(C(=O)O)ccc1F. The van der Waals surface area contributed by atoms with Crippen LogP contribution in [0.25, 0.3) is 0 Å². The van der Waals surface area contributed by atoms with E-state index in [0.717, 1.165) is 22.5 Å². The van der Waals surface area contributed by atoms with Crippen LogP contribution in [0.5, 0.6) is 0 Å². The van der Waals surface area contributed by atoms with Crippen molar-refractivity contribution in [2.24, 2.45) is 0 Å². The zero-order chi connectivity index (χ0) is 15.6. The van der Waals surface area contributed by atoms with E-state index in [4.69, 9.17) is 9.52 Å². The van der Waals surface area contributed by atoms with Crippen LogP contribution in [0.4, 0.5) is 4.39 Å². The van der Waals surface area contributed by atoms with Crippen molar-refractivity contribution in [3.05, 3.63) is 53.7 Å². The average Bonchev–Trinajstić information content (AvgIpc) is 2.91. The number of hydrogen-bond acceptors (Lipinski definition) is 4. The lowest BCUT2D eigenvalue weighted by atomic mass is 10.2. The number of carboxylic acid groups (broad SMARTS) is 1. The quantitative estimate of drug-likeness (QED) is 0.911. The van der Waals surface area contributed by atoms with Gasteiger partial charge in [-0.1, -0.05) is 0 Å². The van der Waals surface area contributed by atoms with Gasteiger partial charge in [0.1, 0.15) is 16.5 Å². The van der Waals surface area contributed by atoms with Crippen molar-refractivity contribution in [1.29, 1.82) is 0 Å². The van der Waals surface area contributed by atoms with Crippen LogP contribution >= 0.6 is 0 Å². The van der Waals surface area contributed by atoms with Crippen LogP contribution in [0, 0.1) is 5.82 Å². The van der Waals surface area contributed by atoms with Gasteiger partial charge in [-0.15, -0.1) is 0 Å². The Balaban J connectivity index is 2.38. The van der Waals surface area contributed by atoms with Gasteiger partial charge in [0.05, 0.1) is 18.4 Å². The van der Waals surface area contributed by atoms with Crippen LogP contribution in [0.2, 0.25) is 0 Å². The summed E-state index contributed by atoms with van der Waals surface area (Å²) < 4.78 is 44.3. The van der Waals surface area contributed by atoms with Crippen molar-refractivity contribution in [1.82, 2.24) is 4.31 Å². The zero-order valence-corrected chi connectivity index (χ0v) is 11.8. The summed E-state index contributed by atoms with van der Waals surface area (Å²) in [6.07, 6.45) is 1.39. The van der Waals surface area contributed by atoms with Gasteiger partial charge in [0.25, 0.3) is 0 Å². The fourth-order valence-electron chi connectivity index (χ4n) is 1.71. The molecule has 0 bridgehead atoms. The Morgan fingerprint density at radius 1 is 1.38 bits per heavy atom. The van der Waals surface area contributed by atoms with Crippen molar-refractivity contribution in [2.75, 3.05) is 7.05 Å². The van der Waals surface area contributed by atoms with Crippen LogP contribution < -0.4 is 0 Å². The van der Waals surface area contributed by atoms with Crippen molar-refractivity contribution >= 4 is 16.0 Å². The molecule has 1 aromatic carbocycles. The summed E-state index contributed by atoms with van der Waals surface area (Å²) in [4.78, 5) is 10.2. The topological polar surface area (TPSA) is 87.8 Å². The highest BCUT2D eigenvalue weighted by atomic mass is 32.2. The Morgan fingerprint density at radius 3 is 2.67 bits per heavy atom. The van der Waals surface area contributed by atoms with Gasteiger partial charge in [-0.25, -0.2) is 17.6 Å². The summed E-state index contributed by atoms with van der Waals surface area (Å²) >= 11 is 0. The minimum atomic E-state index is -4.17. The Bertz CT molecular complexity index is 755. The van der Waals surface area contributed by atoms with Crippen LogP contribution in [-0.4, -0.2) is 30.8 Å². The monoisotopic (exact) mass is 313 g/mol. The molecule has 0 fully saturated rings. The molecule has 0 aliphatic heterocycles. The first-order chi connectivity index (χ1) is 9.82. The fraction of sp³-hybridized carbons (Fsp3) is 0.154. The van der Waals surface area contributed by atoms with Crippen molar-refractivity contribution in [3.63, 3.8) is 0 Å². The standard InChI is InChI=1S/C13H12FNO5S/c1-15(8-10-3-2-6-20-10)21(18,19)12-7-9(13(16)17)4-5-11(12)14/h2-7H,8H2,1H3,(H,16,17). The highest BCUT2D eigenvalue weighted by molar-refractivity contribution is 7.89. The van der Waals surface area contributed by atoms with E-state index in [1.807, 2.05) is 0 Å². The second kappa shape index (κ2) is 5.66. The Morgan fingerprint density at radius 2 is 2.10 bits per heavy atom. The lowest BCUT2D eigenvalue weighted by Crippen LogP contribution is -2.27. The number of rotatable bonds is 5. The van der Waals surface area contributed by atoms with E-state index < -0.39 is 26.7 Å². The van der Waals surface area contributed by atoms with Crippen LogP contribution in [0.3, 0.4) is 0 Å². The Kier molecular flexibility index (Phi) is 4.10. The fourth-order valence-corrected chi connectivity index (χ4v) is 2.93. The molecule has 0 saturated heterocycles. The minimum absolute atomic E-state index is 0.0912. The number of furan rings is 1. The molecule has 0 unspecified atom stereocenters. The minimum Gasteiger partial charge on any atom is -0.478 e. The summed E-state index contributed by atoms with van der Waals surface area (Å²) in [5.74, 6) is -1.96. The summed E-state index contributed by atoms with van der Waals surface area (Å²) in [5, 5.41) is 8.87. The first-order valence-corrected chi connectivity index (χ1v) is 7.28. The van der Waals surface area contributed by atoms with E-state index in [-0.39, 0.29) is 12.1 Å². The molecule has 0 spiro atoms. The Hall–Kier alpha value is -2.19. The maximum atomic E-state index is 13.7. The molecule has 0 amide bonds. The van der Waals surface area contributed by atoms with Gasteiger partial charge in [0.2, 0.25) is 10.0 Å². The smallest absolute Gasteiger partial charge is 0.335 e. The number of aromatic carboxylic acids is 1. The number of benzene rings is 1. The van der Waals surface area contributed by atoms with Gasteiger partial charge >= 0.3 is 5.97 Å². The number of nitrogens with zero attached hydrogens (tertiary/aromatic N) is 1. The van der Waals surface area contributed by atoms with E-state index in [0.29, 0.717) is 5.76 Å². The second-order valence-electron chi connectivity index (χ2n) is 4.29. The molecule has 2 aromatic rings. The molecule has 1 aromatic heterocycles. The van der Waals surface area contributed by atoms with Crippen molar-refractivity contribution < 1.29 is 27.1 Å². The second-order valence-corrected chi connectivity index (χ2v) is 6.30. The molecule has 0 atom stereocenters. The molecule has 0 aliphatic rings. The van der Waals surface area contributed by atoms with E-state index >= 15 is 0 Å². The molecular formula is C13H12FNO5S.